The Morgan fingerprint density at radius 1 is 0.345 bits per heavy atom. The van der Waals surface area contributed by atoms with Gasteiger partial charge in [-0.3, -0.25) is 9.34 Å². The fraction of sp³-hybridized carbons (Fsp3) is 0. The molecule has 1 N–H and O–H groups in total. The van der Waals surface area contributed by atoms with Crippen LogP contribution < -0.4 is 29.3 Å². The molecule has 2 aliphatic rings. The molecule has 7 heteroatoms. The van der Waals surface area contributed by atoms with Crippen LogP contribution >= 0.6 is 16.0 Å². The SMILES string of the molecule is O[P+]1(c2cc(-c3ccccc3)cc(P3N(c4ccccc4)c4ccccc4N3c3ccccc3)c2)N(c2ccccc2)c2ccccc2N1c1ccccc1. The average molecular weight is 748 g/mol. The molecule has 0 unspecified atom stereocenters. The second kappa shape index (κ2) is 13.9. The minimum atomic E-state index is -3.45. The van der Waals surface area contributed by atoms with Gasteiger partial charge in [-0.15, -0.1) is 0 Å². The van der Waals surface area contributed by atoms with E-state index >= 15 is 0 Å². The van der Waals surface area contributed by atoms with E-state index in [9.17, 15) is 4.89 Å². The van der Waals surface area contributed by atoms with Crippen LogP contribution in [0.2, 0.25) is 0 Å². The molecular weight excluding hydrogens is 711 g/mol. The zero-order chi connectivity index (χ0) is 36.8. The first-order valence-corrected chi connectivity index (χ1v) is 21.3. The van der Waals surface area contributed by atoms with Gasteiger partial charge in [0, 0.05) is 16.7 Å². The van der Waals surface area contributed by atoms with Gasteiger partial charge in [-0.25, -0.2) is 0 Å². The van der Waals surface area contributed by atoms with Crippen LogP contribution in [0, 0.1) is 0 Å². The number of hydrogen-bond donors (Lipinski definition) is 1. The van der Waals surface area contributed by atoms with Crippen molar-refractivity contribution in [2.45, 2.75) is 0 Å². The van der Waals surface area contributed by atoms with Crippen molar-refractivity contribution in [2.75, 3.05) is 18.7 Å². The minimum absolute atomic E-state index is 0.868. The molecule has 0 amide bonds. The molecule has 0 saturated carbocycles. The molecule has 0 radical (unpaired) electrons. The zero-order valence-corrected chi connectivity index (χ0v) is 31.7. The van der Waals surface area contributed by atoms with Crippen LogP contribution in [-0.2, 0) is 0 Å². The Morgan fingerprint density at radius 2 is 0.709 bits per heavy atom. The molecule has 0 aromatic heterocycles. The van der Waals surface area contributed by atoms with Crippen molar-refractivity contribution in [2.24, 2.45) is 0 Å². The molecule has 0 bridgehead atoms. The lowest BCUT2D eigenvalue weighted by Crippen LogP contribution is -2.34. The van der Waals surface area contributed by atoms with Gasteiger partial charge in [-0.1, -0.05) is 127 Å². The predicted molar refractivity (Wildman–Crippen MR) is 234 cm³/mol. The van der Waals surface area contributed by atoms with Gasteiger partial charge in [-0.2, -0.15) is 14.2 Å². The normalized spacial score (nSPS) is 14.6. The van der Waals surface area contributed by atoms with Crippen molar-refractivity contribution in [3.8, 4) is 11.1 Å². The Balaban J connectivity index is 1.28. The van der Waals surface area contributed by atoms with Gasteiger partial charge < -0.3 is 0 Å². The van der Waals surface area contributed by atoms with E-state index in [0.29, 0.717) is 0 Å². The summed E-state index contributed by atoms with van der Waals surface area (Å²) in [6.07, 6.45) is 0. The molecule has 264 valence electrons. The van der Waals surface area contributed by atoms with Gasteiger partial charge in [0.05, 0.1) is 22.7 Å². The number of benzene rings is 8. The number of hydrogen-bond acceptors (Lipinski definition) is 5. The number of anilines is 8. The second-order valence-electron chi connectivity index (χ2n) is 13.5. The van der Waals surface area contributed by atoms with E-state index in [1.807, 2.05) is 36.4 Å². The molecule has 0 aliphatic carbocycles. The highest BCUT2D eigenvalue weighted by atomic mass is 31.2. The summed E-state index contributed by atoms with van der Waals surface area (Å²) < 4.78 is 9.40. The van der Waals surface area contributed by atoms with Crippen LogP contribution in [0.15, 0.2) is 218 Å². The number of para-hydroxylation sites is 8. The van der Waals surface area contributed by atoms with Crippen molar-refractivity contribution in [3.05, 3.63) is 218 Å². The first-order chi connectivity index (χ1) is 27.2. The first kappa shape index (κ1) is 33.4. The first-order valence-electron chi connectivity index (χ1n) is 18.4. The van der Waals surface area contributed by atoms with E-state index in [2.05, 4.69) is 201 Å². The number of nitrogens with zero attached hydrogens (tertiary/aromatic N) is 4. The highest BCUT2D eigenvalue weighted by Crippen LogP contribution is 2.75. The van der Waals surface area contributed by atoms with Crippen molar-refractivity contribution in [1.82, 2.24) is 0 Å². The molecule has 0 spiro atoms. The van der Waals surface area contributed by atoms with E-state index in [-0.39, 0.29) is 0 Å². The van der Waals surface area contributed by atoms with Crippen molar-refractivity contribution in [1.29, 1.82) is 0 Å². The van der Waals surface area contributed by atoms with Crippen LogP contribution in [0.5, 0.6) is 0 Å². The summed E-state index contributed by atoms with van der Waals surface area (Å²) in [5.41, 5.74) is 10.5. The summed E-state index contributed by atoms with van der Waals surface area (Å²) in [5, 5.41) is 1.99. The standard InChI is InChI=1S/C48H37N4OP2/c53-55(51(41-26-12-4-13-27-41)47-32-18-19-33-48(47)52(55)42-28-14-5-15-29-42)44-35-38(37-20-6-1-7-21-37)34-43(36-44)54-49(39-22-8-2-9-23-39)45-30-16-17-31-46(45)50(54)40-24-10-3-11-25-40/h1-36,53H/q+1. The summed E-state index contributed by atoms with van der Waals surface area (Å²) in [4.78, 5) is 14.1. The molecule has 8 aromatic carbocycles. The molecule has 10 rings (SSSR count). The summed E-state index contributed by atoms with van der Waals surface area (Å²) in [6, 6.07) is 76.6. The number of fused-ring (bicyclic) bond motifs is 2. The average Bonchev–Trinajstić information content (AvgIpc) is 3.75. The maximum absolute atomic E-state index is 14.1. The molecule has 2 aliphatic heterocycles. The maximum Gasteiger partial charge on any atom is 0.376 e. The van der Waals surface area contributed by atoms with E-state index in [1.54, 1.807) is 0 Å². The van der Waals surface area contributed by atoms with Crippen molar-refractivity contribution < 1.29 is 4.89 Å². The van der Waals surface area contributed by atoms with E-state index in [4.69, 9.17) is 0 Å². The van der Waals surface area contributed by atoms with Gasteiger partial charge in [0.15, 0.2) is 5.30 Å². The maximum atomic E-state index is 14.1. The molecule has 8 aromatic rings. The highest BCUT2D eigenvalue weighted by Gasteiger charge is 2.61. The Bertz CT molecular complexity index is 2460. The monoisotopic (exact) mass is 747 g/mol. The van der Waals surface area contributed by atoms with Gasteiger partial charge in [0.25, 0.3) is 0 Å². The van der Waals surface area contributed by atoms with Crippen LogP contribution in [0.25, 0.3) is 11.1 Å². The van der Waals surface area contributed by atoms with Gasteiger partial charge >= 0.3 is 7.79 Å². The third-order valence-electron chi connectivity index (χ3n) is 10.2. The Kier molecular flexibility index (Phi) is 8.42. The van der Waals surface area contributed by atoms with Crippen molar-refractivity contribution >= 4 is 72.1 Å². The topological polar surface area (TPSA) is 33.2 Å². The molecule has 0 atom stereocenters. The van der Waals surface area contributed by atoms with Gasteiger partial charge in [-0.05, 0) is 102 Å². The Hall–Kier alpha value is -6.22. The summed E-state index contributed by atoms with van der Waals surface area (Å²) in [7, 11) is -4.72. The lowest BCUT2D eigenvalue weighted by molar-refractivity contribution is 0.613. The molecule has 5 nitrogen and oxygen atoms in total. The zero-order valence-electron chi connectivity index (χ0n) is 29.9. The quantitative estimate of drug-likeness (QED) is 0.164. The van der Waals surface area contributed by atoms with E-state index in [0.717, 1.165) is 67.2 Å². The van der Waals surface area contributed by atoms with Crippen LogP contribution in [0.1, 0.15) is 0 Å². The third-order valence-corrected chi connectivity index (χ3v) is 15.5. The lowest BCUT2D eigenvalue weighted by atomic mass is 10.1. The summed E-state index contributed by atoms with van der Waals surface area (Å²) >= 11 is 0. The van der Waals surface area contributed by atoms with Gasteiger partial charge in [0.1, 0.15) is 19.6 Å². The van der Waals surface area contributed by atoms with Crippen LogP contribution in [-0.4, -0.2) is 4.89 Å². The highest BCUT2D eigenvalue weighted by molar-refractivity contribution is 7.82. The lowest BCUT2D eigenvalue weighted by Gasteiger charge is -2.35. The van der Waals surface area contributed by atoms with Crippen LogP contribution in [0.3, 0.4) is 0 Å². The second-order valence-corrected chi connectivity index (χ2v) is 17.9. The Morgan fingerprint density at radius 3 is 1.15 bits per heavy atom. The van der Waals surface area contributed by atoms with E-state index < -0.39 is 16.0 Å². The van der Waals surface area contributed by atoms with E-state index in [1.165, 1.54) is 0 Å². The summed E-state index contributed by atoms with van der Waals surface area (Å²) in [5.74, 6) is 0. The fourth-order valence-corrected chi connectivity index (χ4v) is 13.7. The summed E-state index contributed by atoms with van der Waals surface area (Å²) in [6.45, 7) is 0. The number of rotatable bonds is 7. The fourth-order valence-electron chi connectivity index (χ4n) is 7.85. The minimum Gasteiger partial charge on any atom is -0.297 e. The molecule has 55 heavy (non-hydrogen) atoms. The predicted octanol–water partition coefficient (Wildman–Crippen LogP) is 12.7. The molecular formula is C48H37N4OP2+. The molecule has 2 heterocycles. The largest absolute Gasteiger partial charge is 0.376 e. The molecule has 0 saturated heterocycles. The third kappa shape index (κ3) is 5.60. The van der Waals surface area contributed by atoms with Crippen molar-refractivity contribution in [3.63, 3.8) is 0 Å². The molecule has 0 fully saturated rings. The van der Waals surface area contributed by atoms with Crippen LogP contribution in [0.4, 0.5) is 45.5 Å². The van der Waals surface area contributed by atoms with Gasteiger partial charge in [0.2, 0.25) is 0 Å². The smallest absolute Gasteiger partial charge is 0.297 e. The Labute approximate surface area is 324 Å².